The minimum Gasteiger partial charge on any atom is -0.396 e. The number of rotatable bonds is 6. The van der Waals surface area contributed by atoms with E-state index in [1.807, 2.05) is 20.8 Å². The highest BCUT2D eigenvalue weighted by molar-refractivity contribution is 5.60. The second kappa shape index (κ2) is 5.81. The summed E-state index contributed by atoms with van der Waals surface area (Å²) in [5.41, 5.74) is 0.499. The molecule has 7 heteroatoms. The Kier molecular flexibility index (Phi) is 4.66. The molecule has 0 amide bonds. The van der Waals surface area contributed by atoms with E-state index in [0.717, 1.165) is 0 Å². The summed E-state index contributed by atoms with van der Waals surface area (Å²) >= 11 is 0. The fourth-order valence-electron chi connectivity index (χ4n) is 1.64. The van der Waals surface area contributed by atoms with Crippen LogP contribution < -0.4 is 5.32 Å². The second-order valence-corrected chi connectivity index (χ2v) is 4.79. The van der Waals surface area contributed by atoms with Crippen LogP contribution in [0, 0.1) is 16.0 Å². The van der Waals surface area contributed by atoms with Crippen molar-refractivity contribution >= 4 is 11.5 Å². The normalized spacial score (nSPS) is 12.8. The van der Waals surface area contributed by atoms with Gasteiger partial charge >= 0.3 is 5.69 Å². The Hall–Kier alpha value is -1.63. The molecule has 1 aromatic rings. The molecule has 0 radical (unpaired) electrons. The van der Waals surface area contributed by atoms with Crippen molar-refractivity contribution in [3.8, 4) is 0 Å². The minimum absolute atomic E-state index is 0.0117. The molecule has 0 aromatic carbocycles. The van der Waals surface area contributed by atoms with E-state index in [4.69, 9.17) is 5.11 Å². The first-order chi connectivity index (χ1) is 8.38. The SMILES string of the molecule is CC(CO)CNc1c([N+](=O)[O-])c(C(C)C)nn1C. The lowest BCUT2D eigenvalue weighted by molar-refractivity contribution is -0.384. The Balaban J connectivity index is 3.06. The average Bonchev–Trinajstić information content (AvgIpc) is 2.63. The molecule has 102 valence electrons. The van der Waals surface area contributed by atoms with Crippen molar-refractivity contribution in [2.24, 2.45) is 13.0 Å². The third-order valence-electron chi connectivity index (χ3n) is 2.71. The van der Waals surface area contributed by atoms with Crippen LogP contribution in [-0.2, 0) is 7.05 Å². The summed E-state index contributed by atoms with van der Waals surface area (Å²) in [6.45, 7) is 6.10. The summed E-state index contributed by atoms with van der Waals surface area (Å²) in [5, 5.41) is 27.3. The van der Waals surface area contributed by atoms with Gasteiger partial charge in [-0.2, -0.15) is 5.10 Å². The molecule has 1 atom stereocenters. The highest BCUT2D eigenvalue weighted by Crippen LogP contribution is 2.32. The van der Waals surface area contributed by atoms with Crippen LogP contribution in [0.25, 0.3) is 0 Å². The van der Waals surface area contributed by atoms with E-state index in [1.54, 1.807) is 7.05 Å². The number of nitrogens with zero attached hydrogens (tertiary/aromatic N) is 3. The number of hydrogen-bond donors (Lipinski definition) is 2. The summed E-state index contributed by atoms with van der Waals surface area (Å²) in [4.78, 5) is 10.7. The number of aliphatic hydroxyl groups excluding tert-OH is 1. The van der Waals surface area contributed by atoms with E-state index in [1.165, 1.54) is 4.68 Å². The van der Waals surface area contributed by atoms with E-state index in [0.29, 0.717) is 18.1 Å². The molecule has 0 spiro atoms. The van der Waals surface area contributed by atoms with Gasteiger partial charge in [-0.25, -0.2) is 4.68 Å². The van der Waals surface area contributed by atoms with Gasteiger partial charge in [0.1, 0.15) is 5.69 Å². The number of aliphatic hydroxyl groups is 1. The predicted octanol–water partition coefficient (Wildman–Crippen LogP) is 1.49. The van der Waals surface area contributed by atoms with Gasteiger partial charge in [-0.1, -0.05) is 20.8 Å². The summed E-state index contributed by atoms with van der Waals surface area (Å²) in [7, 11) is 1.67. The first-order valence-corrected chi connectivity index (χ1v) is 5.94. The van der Waals surface area contributed by atoms with E-state index in [2.05, 4.69) is 10.4 Å². The molecule has 2 N–H and O–H groups in total. The zero-order valence-electron chi connectivity index (χ0n) is 11.2. The van der Waals surface area contributed by atoms with Crippen LogP contribution in [0.4, 0.5) is 11.5 Å². The summed E-state index contributed by atoms with van der Waals surface area (Å²) < 4.78 is 1.48. The van der Waals surface area contributed by atoms with Crippen LogP contribution in [0.15, 0.2) is 0 Å². The fraction of sp³-hybridized carbons (Fsp3) is 0.727. The third kappa shape index (κ3) is 2.98. The van der Waals surface area contributed by atoms with Crippen LogP contribution in [0.2, 0.25) is 0 Å². The molecular weight excluding hydrogens is 236 g/mol. The van der Waals surface area contributed by atoms with E-state index in [-0.39, 0.29) is 24.1 Å². The molecule has 1 rings (SSSR count). The van der Waals surface area contributed by atoms with Crippen LogP contribution in [0.3, 0.4) is 0 Å². The molecule has 0 aliphatic rings. The molecule has 1 unspecified atom stereocenters. The highest BCUT2D eigenvalue weighted by atomic mass is 16.6. The lowest BCUT2D eigenvalue weighted by Crippen LogP contribution is -2.16. The number of nitrogens with one attached hydrogen (secondary N) is 1. The number of anilines is 1. The smallest absolute Gasteiger partial charge is 0.334 e. The van der Waals surface area contributed by atoms with Crippen molar-refractivity contribution < 1.29 is 10.0 Å². The standard InChI is InChI=1S/C11H20N4O3/c1-7(2)9-10(15(17)18)11(14(4)13-9)12-5-8(3)6-16/h7-8,12,16H,5-6H2,1-4H3. The van der Waals surface area contributed by atoms with Gasteiger partial charge in [0, 0.05) is 26.1 Å². The first-order valence-electron chi connectivity index (χ1n) is 5.94. The lowest BCUT2D eigenvalue weighted by Gasteiger charge is -2.10. The third-order valence-corrected chi connectivity index (χ3v) is 2.71. The largest absolute Gasteiger partial charge is 0.396 e. The Morgan fingerprint density at radius 1 is 1.50 bits per heavy atom. The maximum atomic E-state index is 11.1. The van der Waals surface area contributed by atoms with E-state index in [9.17, 15) is 10.1 Å². The molecule has 0 aliphatic carbocycles. The monoisotopic (exact) mass is 256 g/mol. The van der Waals surface area contributed by atoms with Crippen molar-refractivity contribution in [1.82, 2.24) is 9.78 Å². The maximum Gasteiger partial charge on any atom is 0.334 e. The van der Waals surface area contributed by atoms with Crippen molar-refractivity contribution in [1.29, 1.82) is 0 Å². The molecular formula is C11H20N4O3. The number of aryl methyl sites for hydroxylation is 1. The van der Waals surface area contributed by atoms with Gasteiger partial charge in [0.25, 0.3) is 0 Å². The van der Waals surface area contributed by atoms with Gasteiger partial charge in [-0.05, 0) is 5.92 Å². The molecule has 7 nitrogen and oxygen atoms in total. The topological polar surface area (TPSA) is 93.2 Å². The minimum atomic E-state index is -0.408. The molecule has 1 heterocycles. The number of nitro groups is 1. The molecule has 0 saturated heterocycles. The fourth-order valence-corrected chi connectivity index (χ4v) is 1.64. The van der Waals surface area contributed by atoms with Crippen molar-refractivity contribution in [2.45, 2.75) is 26.7 Å². The number of aromatic nitrogens is 2. The average molecular weight is 256 g/mol. The summed E-state index contributed by atoms with van der Waals surface area (Å²) in [5.74, 6) is 0.411. The Bertz CT molecular complexity index is 428. The zero-order chi connectivity index (χ0) is 13.9. The van der Waals surface area contributed by atoms with E-state index >= 15 is 0 Å². The van der Waals surface area contributed by atoms with Crippen LogP contribution in [-0.4, -0.2) is 33.0 Å². The second-order valence-electron chi connectivity index (χ2n) is 4.79. The van der Waals surface area contributed by atoms with Gasteiger partial charge in [-0.3, -0.25) is 10.1 Å². The Morgan fingerprint density at radius 3 is 2.56 bits per heavy atom. The Labute approximate surface area is 106 Å². The van der Waals surface area contributed by atoms with Gasteiger partial charge < -0.3 is 10.4 Å². The summed E-state index contributed by atoms with van der Waals surface area (Å²) in [6.07, 6.45) is 0. The molecule has 1 aromatic heterocycles. The number of hydrogen-bond acceptors (Lipinski definition) is 5. The molecule has 0 bridgehead atoms. The van der Waals surface area contributed by atoms with Gasteiger partial charge in [0.15, 0.2) is 0 Å². The quantitative estimate of drug-likeness (QED) is 0.594. The zero-order valence-corrected chi connectivity index (χ0v) is 11.2. The summed E-state index contributed by atoms with van der Waals surface area (Å²) in [6, 6.07) is 0. The van der Waals surface area contributed by atoms with Crippen molar-refractivity contribution in [2.75, 3.05) is 18.5 Å². The Morgan fingerprint density at radius 2 is 2.11 bits per heavy atom. The molecule has 0 aliphatic heterocycles. The lowest BCUT2D eigenvalue weighted by atomic mass is 10.1. The highest BCUT2D eigenvalue weighted by Gasteiger charge is 2.28. The van der Waals surface area contributed by atoms with Crippen LogP contribution in [0.5, 0.6) is 0 Å². The van der Waals surface area contributed by atoms with Crippen molar-refractivity contribution in [3.63, 3.8) is 0 Å². The van der Waals surface area contributed by atoms with E-state index < -0.39 is 4.92 Å². The van der Waals surface area contributed by atoms with Gasteiger partial charge in [0.2, 0.25) is 5.82 Å². The van der Waals surface area contributed by atoms with Gasteiger partial charge in [-0.15, -0.1) is 0 Å². The maximum absolute atomic E-state index is 11.1. The van der Waals surface area contributed by atoms with Crippen LogP contribution in [0.1, 0.15) is 32.4 Å². The van der Waals surface area contributed by atoms with Crippen molar-refractivity contribution in [3.05, 3.63) is 15.8 Å². The molecule has 18 heavy (non-hydrogen) atoms. The van der Waals surface area contributed by atoms with Crippen LogP contribution >= 0.6 is 0 Å². The predicted molar refractivity (Wildman–Crippen MR) is 68.7 cm³/mol. The molecule has 0 saturated carbocycles. The van der Waals surface area contributed by atoms with Gasteiger partial charge in [0.05, 0.1) is 4.92 Å². The molecule has 0 fully saturated rings. The first kappa shape index (κ1) is 14.4.